The van der Waals surface area contributed by atoms with Crippen molar-refractivity contribution in [1.29, 1.82) is 0 Å². The Kier molecular flexibility index (Phi) is 9.06. The molecule has 1 heterocycles. The Morgan fingerprint density at radius 1 is 1.06 bits per heavy atom. The molecule has 2 nitrogen and oxygen atoms in total. The molecule has 0 atom stereocenters. The van der Waals surface area contributed by atoms with Gasteiger partial charge in [-0.15, -0.1) is 0 Å². The second kappa shape index (κ2) is 9.03. The van der Waals surface area contributed by atoms with Crippen molar-refractivity contribution in [2.24, 2.45) is 0 Å². The van der Waals surface area contributed by atoms with E-state index in [2.05, 4.69) is 4.98 Å². The molecule has 1 aromatic heterocycles. The van der Waals surface area contributed by atoms with Gasteiger partial charge in [0.2, 0.25) is 0 Å². The maximum Gasteiger partial charge on any atom is 1.00 e. The van der Waals surface area contributed by atoms with Crippen LogP contribution in [0, 0.1) is 0 Å². The summed E-state index contributed by atoms with van der Waals surface area (Å²) in [5.74, 6) is 0.322. The van der Waals surface area contributed by atoms with Crippen molar-refractivity contribution >= 4 is 34.8 Å². The van der Waals surface area contributed by atoms with E-state index in [1.807, 2.05) is 6.07 Å². The van der Waals surface area contributed by atoms with E-state index in [9.17, 15) is 0 Å². The minimum atomic E-state index is 0. The Bertz CT molecular complexity index is 459. The van der Waals surface area contributed by atoms with Gasteiger partial charge in [-0.1, -0.05) is 53.0 Å². The molecule has 17 heavy (non-hydrogen) atoms. The van der Waals surface area contributed by atoms with E-state index < -0.39 is 0 Å². The second-order valence-electron chi connectivity index (χ2n) is 2.76. The first kappa shape index (κ1) is 17.0. The maximum absolute atomic E-state index is 8.63. The third-order valence-corrected chi connectivity index (χ3v) is 2.41. The minimum Gasteiger partial charge on any atom is -1.00 e. The standard InChI is InChI=1S/C6H6O.C5H2Cl3N.Na.H/c7-6-4-2-1-3-5-6;6-3-1-4(7)5(8)9-2-3;;/h1-5,7H;1-2H;;/q;;+1;-1. The second-order valence-corrected chi connectivity index (χ2v) is 3.96. The van der Waals surface area contributed by atoms with E-state index in [1.54, 1.807) is 30.3 Å². The molecule has 0 aliphatic rings. The van der Waals surface area contributed by atoms with E-state index in [4.69, 9.17) is 39.9 Å². The van der Waals surface area contributed by atoms with Crippen molar-refractivity contribution in [2.75, 3.05) is 0 Å². The van der Waals surface area contributed by atoms with Gasteiger partial charge in [0.05, 0.1) is 10.0 Å². The van der Waals surface area contributed by atoms with Crippen LogP contribution >= 0.6 is 34.8 Å². The Morgan fingerprint density at radius 2 is 1.65 bits per heavy atom. The molecule has 0 amide bonds. The van der Waals surface area contributed by atoms with Crippen molar-refractivity contribution in [3.63, 3.8) is 0 Å². The predicted octanol–water partition coefficient (Wildman–Crippen LogP) is 1.55. The fourth-order valence-electron chi connectivity index (χ4n) is 0.826. The quantitative estimate of drug-likeness (QED) is 0.591. The van der Waals surface area contributed by atoms with Gasteiger partial charge >= 0.3 is 29.6 Å². The molecule has 0 saturated carbocycles. The van der Waals surface area contributed by atoms with E-state index in [0.29, 0.717) is 15.8 Å². The van der Waals surface area contributed by atoms with Crippen molar-refractivity contribution < 1.29 is 36.1 Å². The molecule has 1 N–H and O–H groups in total. The van der Waals surface area contributed by atoms with Crippen molar-refractivity contribution in [3.8, 4) is 5.75 Å². The van der Waals surface area contributed by atoms with Gasteiger partial charge in [0.15, 0.2) is 0 Å². The van der Waals surface area contributed by atoms with Crippen LogP contribution < -0.4 is 29.6 Å². The van der Waals surface area contributed by atoms with Crippen LogP contribution in [-0.4, -0.2) is 10.1 Å². The van der Waals surface area contributed by atoms with Crippen LogP contribution in [0.4, 0.5) is 0 Å². The number of pyridine rings is 1. The minimum absolute atomic E-state index is 0. The van der Waals surface area contributed by atoms with Gasteiger partial charge in [0, 0.05) is 6.20 Å². The summed E-state index contributed by atoms with van der Waals surface area (Å²) < 4.78 is 0. The number of benzene rings is 1. The zero-order valence-corrected chi connectivity index (χ0v) is 13.3. The predicted molar refractivity (Wildman–Crippen MR) is 68.5 cm³/mol. The Hall–Kier alpha value is 0.0400. The average Bonchev–Trinajstić information content (AvgIpc) is 2.26. The van der Waals surface area contributed by atoms with Gasteiger partial charge in [-0.25, -0.2) is 4.98 Å². The molecular weight excluding hydrogens is 291 g/mol. The van der Waals surface area contributed by atoms with Gasteiger partial charge < -0.3 is 6.53 Å². The fraction of sp³-hybridized carbons (Fsp3) is 0. The number of aromatic hydroxyl groups is 1. The molecular formula is C11H9Cl3NNaO. The fourth-order valence-corrected chi connectivity index (χ4v) is 1.31. The molecule has 1 aromatic carbocycles. The van der Waals surface area contributed by atoms with E-state index >= 15 is 0 Å². The van der Waals surface area contributed by atoms with Crippen molar-refractivity contribution in [3.05, 3.63) is 57.8 Å². The van der Waals surface area contributed by atoms with Crippen LogP contribution in [0.5, 0.6) is 5.75 Å². The van der Waals surface area contributed by atoms with Gasteiger partial charge in [-0.05, 0) is 18.2 Å². The molecule has 0 aliphatic carbocycles. The first-order chi connectivity index (χ1) is 7.59. The molecule has 0 saturated heterocycles. The van der Waals surface area contributed by atoms with E-state index in [-0.39, 0.29) is 36.1 Å². The Labute approximate surface area is 138 Å². The summed E-state index contributed by atoms with van der Waals surface area (Å²) in [7, 11) is 0. The van der Waals surface area contributed by atoms with Crippen LogP contribution in [0.15, 0.2) is 42.6 Å². The number of para-hydroxylation sites is 1. The monoisotopic (exact) mass is 299 g/mol. The van der Waals surface area contributed by atoms with E-state index in [0.717, 1.165) is 0 Å². The summed E-state index contributed by atoms with van der Waals surface area (Å²) in [6.45, 7) is 0. The molecule has 2 rings (SSSR count). The SMILES string of the molecule is Clc1cnc(Cl)c(Cl)c1.Oc1ccccc1.[H-].[Na+]. The number of phenolic OH excluding ortho intramolecular Hbond substituents is 1. The molecule has 86 valence electrons. The summed E-state index contributed by atoms with van der Waals surface area (Å²) >= 11 is 16.5. The smallest absolute Gasteiger partial charge is 1.00 e. The number of aromatic nitrogens is 1. The number of nitrogens with zero attached hydrogens (tertiary/aromatic N) is 1. The largest absolute Gasteiger partial charge is 1.00 e. The van der Waals surface area contributed by atoms with Crippen LogP contribution in [0.3, 0.4) is 0 Å². The molecule has 0 unspecified atom stereocenters. The van der Waals surface area contributed by atoms with Crippen LogP contribution in [0.1, 0.15) is 1.43 Å². The van der Waals surface area contributed by atoms with Gasteiger partial charge in [-0.2, -0.15) is 0 Å². The number of hydrogen-bond acceptors (Lipinski definition) is 2. The first-order valence-corrected chi connectivity index (χ1v) is 5.43. The molecule has 0 bridgehead atoms. The van der Waals surface area contributed by atoms with E-state index in [1.165, 1.54) is 6.20 Å². The summed E-state index contributed by atoms with van der Waals surface area (Å²) in [5.41, 5.74) is 0. The summed E-state index contributed by atoms with van der Waals surface area (Å²) in [4.78, 5) is 3.68. The average molecular weight is 301 g/mol. The molecule has 6 heteroatoms. The van der Waals surface area contributed by atoms with Gasteiger partial charge in [0.25, 0.3) is 0 Å². The van der Waals surface area contributed by atoms with Gasteiger partial charge in [-0.3, -0.25) is 0 Å². The molecule has 2 aromatic rings. The normalized spacial score (nSPS) is 8.65. The molecule has 0 fully saturated rings. The number of rotatable bonds is 0. The summed E-state index contributed by atoms with van der Waals surface area (Å²) in [6, 6.07) is 10.3. The van der Waals surface area contributed by atoms with Crippen molar-refractivity contribution in [1.82, 2.24) is 4.98 Å². The van der Waals surface area contributed by atoms with Crippen molar-refractivity contribution in [2.45, 2.75) is 0 Å². The number of halogens is 3. The van der Waals surface area contributed by atoms with Gasteiger partial charge in [0.1, 0.15) is 10.9 Å². The Balaban J connectivity index is 0. The van der Waals surface area contributed by atoms with Crippen LogP contribution in [0.25, 0.3) is 0 Å². The summed E-state index contributed by atoms with van der Waals surface area (Å²) in [5, 5.41) is 9.78. The third-order valence-electron chi connectivity index (χ3n) is 1.52. The van der Waals surface area contributed by atoms with Crippen LogP contribution in [-0.2, 0) is 0 Å². The first-order valence-electron chi connectivity index (χ1n) is 4.30. The zero-order valence-electron chi connectivity index (χ0n) is 10.1. The van der Waals surface area contributed by atoms with Crippen LogP contribution in [0.2, 0.25) is 15.2 Å². The molecule has 0 spiro atoms. The Morgan fingerprint density at radius 3 is 2.00 bits per heavy atom. The zero-order chi connectivity index (χ0) is 12.0. The topological polar surface area (TPSA) is 33.1 Å². The summed E-state index contributed by atoms with van der Waals surface area (Å²) in [6.07, 6.45) is 1.44. The maximum atomic E-state index is 8.63. The number of hydrogen-bond donors (Lipinski definition) is 1. The molecule has 0 aliphatic heterocycles. The molecule has 0 radical (unpaired) electrons. The number of phenols is 1. The third kappa shape index (κ3) is 7.14.